The molecule has 196 valence electrons. The minimum atomic E-state index is -3.77. The fraction of sp³-hybridized carbons (Fsp3) is 0.118. The van der Waals surface area contributed by atoms with Crippen molar-refractivity contribution in [1.82, 2.24) is 8.87 Å². The van der Waals surface area contributed by atoms with Crippen molar-refractivity contribution in [2.24, 2.45) is 7.05 Å². The van der Waals surface area contributed by atoms with Gasteiger partial charge in [0.15, 0.2) is 0 Å². The van der Waals surface area contributed by atoms with Crippen molar-refractivity contribution in [3.63, 3.8) is 0 Å². The van der Waals surface area contributed by atoms with Gasteiger partial charge >= 0.3 is 0 Å². The van der Waals surface area contributed by atoms with Crippen LogP contribution in [-0.2, 0) is 17.1 Å². The molecule has 0 bridgehead atoms. The summed E-state index contributed by atoms with van der Waals surface area (Å²) < 4.78 is 30.8. The summed E-state index contributed by atoms with van der Waals surface area (Å²) in [6.07, 6.45) is 3.89. The molecule has 0 N–H and O–H groups in total. The molecule has 1 heterocycles. The van der Waals surface area contributed by atoms with Gasteiger partial charge in [0.1, 0.15) is 0 Å². The number of hydrogen-bond acceptors (Lipinski definition) is 2. The lowest BCUT2D eigenvalue weighted by molar-refractivity contribution is 0.539. The molecule has 4 nitrogen and oxygen atoms in total. The molecule has 0 saturated carbocycles. The van der Waals surface area contributed by atoms with Gasteiger partial charge in [0, 0.05) is 42.3 Å². The van der Waals surface area contributed by atoms with Gasteiger partial charge in [-0.05, 0) is 54.8 Å². The fourth-order valence-corrected chi connectivity index (χ4v) is 6.06. The van der Waals surface area contributed by atoms with E-state index in [0.717, 1.165) is 44.6 Å². The SMILES string of the molecule is Cc1ccc(S(=O)(=O)N(C)/C=C(/C(=C\c2ccccc2)c2c(C)c3ccccc3n2C)c2ccccc2)cc1. The van der Waals surface area contributed by atoms with E-state index in [1.807, 2.05) is 73.7 Å². The number of nitrogens with zero attached hydrogens (tertiary/aromatic N) is 2. The summed E-state index contributed by atoms with van der Waals surface area (Å²) in [6.45, 7) is 4.08. The molecule has 1 aromatic heterocycles. The summed E-state index contributed by atoms with van der Waals surface area (Å²) in [7, 11) is -0.0972. The molecule has 0 aliphatic carbocycles. The van der Waals surface area contributed by atoms with Crippen LogP contribution in [0.15, 0.2) is 120 Å². The predicted octanol–water partition coefficient (Wildman–Crippen LogP) is 7.70. The van der Waals surface area contributed by atoms with E-state index in [2.05, 4.69) is 54.9 Å². The molecule has 0 aliphatic heterocycles. The van der Waals surface area contributed by atoms with Crippen LogP contribution in [0.5, 0.6) is 0 Å². The number of hydrogen-bond donors (Lipinski definition) is 0. The molecule has 0 aliphatic rings. The maximum atomic E-state index is 13.7. The lowest BCUT2D eigenvalue weighted by Gasteiger charge is -2.21. The van der Waals surface area contributed by atoms with Gasteiger partial charge < -0.3 is 4.57 Å². The maximum Gasteiger partial charge on any atom is 0.263 e. The second-order valence-electron chi connectivity index (χ2n) is 9.76. The normalized spacial score (nSPS) is 12.6. The molecule has 0 radical (unpaired) electrons. The third-order valence-corrected chi connectivity index (χ3v) is 8.84. The monoisotopic (exact) mass is 532 g/mol. The molecule has 0 spiro atoms. The molecular formula is C34H32N2O2S. The van der Waals surface area contributed by atoms with E-state index >= 15 is 0 Å². The number of allylic oxidation sites excluding steroid dienone is 2. The Balaban J connectivity index is 1.78. The summed E-state index contributed by atoms with van der Waals surface area (Å²) in [4.78, 5) is 0.258. The summed E-state index contributed by atoms with van der Waals surface area (Å²) >= 11 is 0. The van der Waals surface area contributed by atoms with E-state index < -0.39 is 10.0 Å². The molecule has 5 rings (SSSR count). The van der Waals surface area contributed by atoms with Gasteiger partial charge in [0.25, 0.3) is 10.0 Å². The highest BCUT2D eigenvalue weighted by Gasteiger charge is 2.23. The molecular weight excluding hydrogens is 500 g/mol. The molecule has 39 heavy (non-hydrogen) atoms. The Morgan fingerprint density at radius 3 is 1.97 bits per heavy atom. The first-order valence-corrected chi connectivity index (χ1v) is 14.3. The van der Waals surface area contributed by atoms with E-state index in [1.54, 1.807) is 25.4 Å². The van der Waals surface area contributed by atoms with Gasteiger partial charge in [-0.15, -0.1) is 0 Å². The highest BCUT2D eigenvalue weighted by molar-refractivity contribution is 7.89. The largest absolute Gasteiger partial charge is 0.343 e. The minimum absolute atomic E-state index is 0.258. The van der Waals surface area contributed by atoms with Crippen LogP contribution in [0.25, 0.3) is 28.1 Å². The number of fused-ring (bicyclic) bond motifs is 1. The van der Waals surface area contributed by atoms with Crippen molar-refractivity contribution >= 4 is 38.1 Å². The maximum absolute atomic E-state index is 13.7. The Kier molecular flexibility index (Phi) is 7.27. The first kappa shape index (κ1) is 26.3. The van der Waals surface area contributed by atoms with Gasteiger partial charge in [0.2, 0.25) is 0 Å². The van der Waals surface area contributed by atoms with Crippen LogP contribution < -0.4 is 0 Å². The van der Waals surface area contributed by atoms with E-state index in [-0.39, 0.29) is 4.90 Å². The van der Waals surface area contributed by atoms with Crippen LogP contribution >= 0.6 is 0 Å². The van der Waals surface area contributed by atoms with Crippen LogP contribution in [0, 0.1) is 13.8 Å². The van der Waals surface area contributed by atoms with Gasteiger partial charge in [-0.2, -0.15) is 0 Å². The minimum Gasteiger partial charge on any atom is -0.343 e. The number of benzene rings is 4. The molecule has 0 fully saturated rings. The summed E-state index contributed by atoms with van der Waals surface area (Å²) in [5.74, 6) is 0. The predicted molar refractivity (Wildman–Crippen MR) is 163 cm³/mol. The Morgan fingerprint density at radius 1 is 0.744 bits per heavy atom. The van der Waals surface area contributed by atoms with E-state index in [9.17, 15) is 8.42 Å². The average Bonchev–Trinajstić information content (AvgIpc) is 3.21. The first-order valence-electron chi connectivity index (χ1n) is 12.9. The Hall–Kier alpha value is -4.35. The van der Waals surface area contributed by atoms with Crippen molar-refractivity contribution in [3.05, 3.63) is 143 Å². The highest BCUT2D eigenvalue weighted by Crippen LogP contribution is 2.39. The van der Waals surface area contributed by atoms with Gasteiger partial charge in [-0.3, -0.25) is 4.31 Å². The smallest absolute Gasteiger partial charge is 0.263 e. The third-order valence-electron chi connectivity index (χ3n) is 7.11. The molecule has 0 atom stereocenters. The number of para-hydroxylation sites is 1. The highest BCUT2D eigenvalue weighted by atomic mass is 32.2. The van der Waals surface area contributed by atoms with Crippen molar-refractivity contribution < 1.29 is 8.42 Å². The van der Waals surface area contributed by atoms with Crippen molar-refractivity contribution in [3.8, 4) is 0 Å². The Bertz CT molecular complexity index is 1740. The standard InChI is InChI=1S/C34H32N2O2S/c1-25-19-21-29(22-20-25)39(37,38)35(3)24-32(28-15-9-6-10-16-28)31(23-27-13-7-5-8-14-27)34-26(2)30-17-11-12-18-33(30)36(34)4/h5-24H,1-4H3/b31-23+,32-24+. The molecule has 4 aromatic carbocycles. The fourth-order valence-electron chi connectivity index (χ4n) is 5.00. The molecule has 0 amide bonds. The summed E-state index contributed by atoms with van der Waals surface area (Å²) in [5.41, 5.74) is 8.02. The molecule has 0 saturated heterocycles. The zero-order chi connectivity index (χ0) is 27.6. The number of rotatable bonds is 7. The lowest BCUT2D eigenvalue weighted by Crippen LogP contribution is -2.22. The van der Waals surface area contributed by atoms with Crippen LogP contribution in [0.3, 0.4) is 0 Å². The quantitative estimate of drug-likeness (QED) is 0.202. The van der Waals surface area contributed by atoms with Crippen molar-refractivity contribution in [2.45, 2.75) is 18.7 Å². The number of sulfonamides is 1. The van der Waals surface area contributed by atoms with Gasteiger partial charge in [-0.1, -0.05) is 96.6 Å². The Morgan fingerprint density at radius 2 is 1.33 bits per heavy atom. The second kappa shape index (κ2) is 10.8. The van der Waals surface area contributed by atoms with Gasteiger partial charge in [0.05, 0.1) is 10.6 Å². The van der Waals surface area contributed by atoms with E-state index in [0.29, 0.717) is 0 Å². The van der Waals surface area contributed by atoms with E-state index in [1.165, 1.54) is 9.69 Å². The first-order chi connectivity index (χ1) is 18.8. The summed E-state index contributed by atoms with van der Waals surface area (Å²) in [5, 5.41) is 1.17. The zero-order valence-corrected chi connectivity index (χ0v) is 23.5. The molecule has 5 aromatic rings. The number of aromatic nitrogens is 1. The second-order valence-corrected chi connectivity index (χ2v) is 11.8. The Labute approximate surface area is 231 Å². The molecule has 0 unspecified atom stereocenters. The van der Waals surface area contributed by atoms with Crippen molar-refractivity contribution in [1.29, 1.82) is 0 Å². The van der Waals surface area contributed by atoms with Crippen molar-refractivity contribution in [2.75, 3.05) is 7.05 Å². The lowest BCUT2D eigenvalue weighted by atomic mass is 9.92. The topological polar surface area (TPSA) is 42.3 Å². The third kappa shape index (κ3) is 5.18. The van der Waals surface area contributed by atoms with Crippen LogP contribution in [0.4, 0.5) is 0 Å². The molecule has 5 heteroatoms. The van der Waals surface area contributed by atoms with Crippen LogP contribution in [0.1, 0.15) is 27.9 Å². The van der Waals surface area contributed by atoms with Crippen LogP contribution in [-0.4, -0.2) is 24.3 Å². The van der Waals surface area contributed by atoms with E-state index in [4.69, 9.17) is 0 Å². The summed E-state index contributed by atoms with van der Waals surface area (Å²) in [6, 6.07) is 35.4. The number of aryl methyl sites for hydroxylation is 3. The van der Waals surface area contributed by atoms with Crippen LogP contribution in [0.2, 0.25) is 0 Å². The van der Waals surface area contributed by atoms with Gasteiger partial charge in [-0.25, -0.2) is 8.42 Å². The average molecular weight is 533 g/mol. The zero-order valence-electron chi connectivity index (χ0n) is 22.7.